The fourth-order valence-electron chi connectivity index (χ4n) is 3.09. The van der Waals surface area contributed by atoms with Crippen LogP contribution in [0, 0.1) is 20.2 Å². The number of amides is 1. The molecule has 4 rings (SSSR count). The standard InChI is InChI=1S/C22H16N6O5S/c29-20(23-16-8-12-19(13-9-16)28(32)33)14-34-22-25-24-21(26(22)17-4-2-1-3-5-17)15-6-10-18(11-7-15)27(30)31/h1-13H,14H2,(H,23,29). The van der Waals surface area contributed by atoms with Gasteiger partial charge in [-0.05, 0) is 36.4 Å². The van der Waals surface area contributed by atoms with E-state index in [0.717, 1.165) is 17.4 Å². The first-order valence-corrected chi connectivity index (χ1v) is 10.8. The number of para-hydroxylation sites is 1. The highest BCUT2D eigenvalue weighted by molar-refractivity contribution is 7.99. The molecule has 0 spiro atoms. The molecule has 1 N–H and O–H groups in total. The molecule has 1 amide bonds. The maximum atomic E-state index is 12.4. The molecule has 0 atom stereocenters. The van der Waals surface area contributed by atoms with Crippen LogP contribution >= 0.6 is 11.8 Å². The number of nitrogens with one attached hydrogen (secondary N) is 1. The van der Waals surface area contributed by atoms with E-state index in [4.69, 9.17) is 0 Å². The number of thioether (sulfide) groups is 1. The zero-order valence-electron chi connectivity index (χ0n) is 17.4. The summed E-state index contributed by atoms with van der Waals surface area (Å²) < 4.78 is 1.77. The van der Waals surface area contributed by atoms with Gasteiger partial charge in [0.25, 0.3) is 11.4 Å². The van der Waals surface area contributed by atoms with Gasteiger partial charge in [0.15, 0.2) is 11.0 Å². The Morgan fingerprint density at radius 3 is 2.03 bits per heavy atom. The van der Waals surface area contributed by atoms with Crippen molar-refractivity contribution in [3.8, 4) is 17.1 Å². The normalized spacial score (nSPS) is 10.6. The number of non-ortho nitro benzene ring substituents is 2. The summed E-state index contributed by atoms with van der Waals surface area (Å²) in [5.74, 6) is 0.167. The van der Waals surface area contributed by atoms with Gasteiger partial charge in [-0.2, -0.15) is 0 Å². The highest BCUT2D eigenvalue weighted by Gasteiger charge is 2.18. The van der Waals surface area contributed by atoms with Crippen molar-refractivity contribution >= 4 is 34.7 Å². The first kappa shape index (κ1) is 22.6. The summed E-state index contributed by atoms with van der Waals surface area (Å²) in [6.07, 6.45) is 0. The van der Waals surface area contributed by atoms with E-state index in [9.17, 15) is 25.0 Å². The molecule has 0 unspecified atom stereocenters. The van der Waals surface area contributed by atoms with Crippen molar-refractivity contribution < 1.29 is 14.6 Å². The Morgan fingerprint density at radius 2 is 1.44 bits per heavy atom. The largest absolute Gasteiger partial charge is 0.325 e. The monoisotopic (exact) mass is 476 g/mol. The van der Waals surface area contributed by atoms with E-state index in [1.807, 2.05) is 30.3 Å². The van der Waals surface area contributed by atoms with Crippen LogP contribution in [-0.2, 0) is 4.79 Å². The highest BCUT2D eigenvalue weighted by atomic mass is 32.2. The zero-order valence-corrected chi connectivity index (χ0v) is 18.2. The molecule has 0 aliphatic heterocycles. The fraction of sp³-hybridized carbons (Fsp3) is 0.0455. The number of hydrogen-bond acceptors (Lipinski definition) is 8. The van der Waals surface area contributed by atoms with E-state index in [2.05, 4.69) is 15.5 Å². The molecular formula is C22H16N6O5S. The van der Waals surface area contributed by atoms with Gasteiger partial charge < -0.3 is 5.32 Å². The van der Waals surface area contributed by atoms with Crippen LogP contribution in [0.1, 0.15) is 0 Å². The topological polar surface area (TPSA) is 146 Å². The zero-order chi connectivity index (χ0) is 24.1. The highest BCUT2D eigenvalue weighted by Crippen LogP contribution is 2.29. The molecule has 0 fully saturated rings. The number of carbonyl (C=O) groups excluding carboxylic acids is 1. The summed E-state index contributed by atoms with van der Waals surface area (Å²) in [4.78, 5) is 33.2. The van der Waals surface area contributed by atoms with E-state index in [-0.39, 0.29) is 23.0 Å². The van der Waals surface area contributed by atoms with Crippen LogP contribution in [0.4, 0.5) is 17.1 Å². The molecule has 0 aliphatic rings. The third-order valence-electron chi connectivity index (χ3n) is 4.68. The second-order valence-corrected chi connectivity index (χ2v) is 7.86. The molecule has 0 saturated carbocycles. The van der Waals surface area contributed by atoms with Crippen molar-refractivity contribution in [1.82, 2.24) is 14.8 Å². The van der Waals surface area contributed by atoms with Gasteiger partial charge in [0.05, 0.1) is 15.6 Å². The maximum absolute atomic E-state index is 12.4. The smallest absolute Gasteiger partial charge is 0.269 e. The van der Waals surface area contributed by atoms with Crippen LogP contribution < -0.4 is 5.32 Å². The van der Waals surface area contributed by atoms with E-state index in [1.54, 1.807) is 16.7 Å². The quantitative estimate of drug-likeness (QED) is 0.222. The number of carbonyl (C=O) groups is 1. The molecule has 3 aromatic carbocycles. The van der Waals surface area contributed by atoms with Gasteiger partial charge in [0.2, 0.25) is 5.91 Å². The lowest BCUT2D eigenvalue weighted by Gasteiger charge is -2.10. The molecule has 170 valence electrons. The Morgan fingerprint density at radius 1 is 0.853 bits per heavy atom. The van der Waals surface area contributed by atoms with Gasteiger partial charge in [-0.25, -0.2) is 0 Å². The van der Waals surface area contributed by atoms with Crippen molar-refractivity contribution in [2.45, 2.75) is 5.16 Å². The van der Waals surface area contributed by atoms with Crippen LogP contribution in [0.15, 0.2) is 84.0 Å². The molecular weight excluding hydrogens is 460 g/mol. The van der Waals surface area contributed by atoms with Gasteiger partial charge in [-0.1, -0.05) is 30.0 Å². The summed E-state index contributed by atoms with van der Waals surface area (Å²) in [5.41, 5.74) is 1.73. The summed E-state index contributed by atoms with van der Waals surface area (Å²) in [5, 5.41) is 33.4. The minimum Gasteiger partial charge on any atom is -0.325 e. The number of benzene rings is 3. The molecule has 11 nitrogen and oxygen atoms in total. The van der Waals surface area contributed by atoms with Crippen LogP contribution in [0.2, 0.25) is 0 Å². The number of hydrogen-bond donors (Lipinski definition) is 1. The number of rotatable bonds is 8. The van der Waals surface area contributed by atoms with Gasteiger partial charge >= 0.3 is 0 Å². The number of nitro groups is 2. The molecule has 0 radical (unpaired) electrons. The second-order valence-electron chi connectivity index (χ2n) is 6.92. The van der Waals surface area contributed by atoms with E-state index in [1.165, 1.54) is 36.4 Å². The lowest BCUT2D eigenvalue weighted by atomic mass is 10.2. The average molecular weight is 476 g/mol. The van der Waals surface area contributed by atoms with Crippen molar-refractivity contribution in [1.29, 1.82) is 0 Å². The minimum absolute atomic E-state index is 0.0161. The summed E-state index contributed by atoms with van der Waals surface area (Å²) in [7, 11) is 0. The van der Waals surface area contributed by atoms with Crippen molar-refractivity contribution in [2.24, 2.45) is 0 Å². The lowest BCUT2D eigenvalue weighted by Crippen LogP contribution is -2.14. The number of nitro benzene ring substituents is 2. The third kappa shape index (κ3) is 5.07. The van der Waals surface area contributed by atoms with Crippen molar-refractivity contribution in [2.75, 3.05) is 11.1 Å². The lowest BCUT2D eigenvalue weighted by molar-refractivity contribution is -0.385. The third-order valence-corrected chi connectivity index (χ3v) is 5.61. The molecule has 4 aromatic rings. The molecule has 34 heavy (non-hydrogen) atoms. The predicted molar refractivity (Wildman–Crippen MR) is 126 cm³/mol. The van der Waals surface area contributed by atoms with E-state index >= 15 is 0 Å². The van der Waals surface area contributed by atoms with Crippen LogP contribution in [0.3, 0.4) is 0 Å². The Bertz CT molecular complexity index is 1340. The number of aromatic nitrogens is 3. The summed E-state index contributed by atoms with van der Waals surface area (Å²) in [6.45, 7) is 0. The van der Waals surface area contributed by atoms with Crippen LogP contribution in [0.25, 0.3) is 17.1 Å². The fourth-order valence-corrected chi connectivity index (χ4v) is 3.84. The maximum Gasteiger partial charge on any atom is 0.269 e. The molecule has 0 aliphatic carbocycles. The summed E-state index contributed by atoms with van der Waals surface area (Å²) in [6, 6.07) is 20.8. The van der Waals surface area contributed by atoms with Gasteiger partial charge in [0, 0.05) is 41.2 Å². The SMILES string of the molecule is O=C(CSc1nnc(-c2ccc([N+](=O)[O-])cc2)n1-c1ccccc1)Nc1ccc([N+](=O)[O-])cc1. The first-order valence-electron chi connectivity index (χ1n) is 9.85. The van der Waals surface area contributed by atoms with Crippen LogP contribution in [-0.4, -0.2) is 36.3 Å². The van der Waals surface area contributed by atoms with Gasteiger partial charge in [-0.3, -0.25) is 29.6 Å². The molecule has 0 saturated heterocycles. The van der Waals surface area contributed by atoms with Crippen molar-refractivity contribution in [3.63, 3.8) is 0 Å². The predicted octanol–water partition coefficient (Wildman–Crippen LogP) is 4.48. The Balaban J connectivity index is 1.55. The number of anilines is 1. The molecule has 0 bridgehead atoms. The molecule has 12 heteroatoms. The average Bonchev–Trinajstić information content (AvgIpc) is 3.27. The minimum atomic E-state index is -0.514. The molecule has 1 heterocycles. The van der Waals surface area contributed by atoms with Gasteiger partial charge in [0.1, 0.15) is 0 Å². The van der Waals surface area contributed by atoms with E-state index in [0.29, 0.717) is 22.2 Å². The first-order chi connectivity index (χ1) is 16.4. The molecule has 1 aromatic heterocycles. The second kappa shape index (κ2) is 9.92. The van der Waals surface area contributed by atoms with Gasteiger partial charge in [-0.15, -0.1) is 10.2 Å². The van der Waals surface area contributed by atoms with E-state index < -0.39 is 9.85 Å². The Hall–Kier alpha value is -4.58. The van der Waals surface area contributed by atoms with Crippen molar-refractivity contribution in [3.05, 3.63) is 99.1 Å². The Labute approximate surface area is 196 Å². The number of nitrogens with zero attached hydrogens (tertiary/aromatic N) is 5. The van der Waals surface area contributed by atoms with Crippen LogP contribution in [0.5, 0.6) is 0 Å². The summed E-state index contributed by atoms with van der Waals surface area (Å²) >= 11 is 1.16. The Kier molecular flexibility index (Phi) is 6.59.